The number of hydrogen-bond donors (Lipinski definition) is 0. The molecule has 0 spiro atoms. The van der Waals surface area contributed by atoms with Crippen molar-refractivity contribution in [1.82, 2.24) is 14.2 Å². The molecule has 0 bridgehead atoms. The van der Waals surface area contributed by atoms with Crippen LogP contribution in [0.1, 0.15) is 43.6 Å². The average Bonchev–Trinajstić information content (AvgIpc) is 3.37. The standard InChI is InChI=1S/C28H38N4O5S2.ClH/c1-7-30(8-2)15-16-32(28-29-25-24(36-6)14-9-19(3)26(25)38-28)27(33)22-10-12-23(13-11-22)39(34,35)31-17-20(4)37-21(5)18-31;/h9-14,20-21H,7-8,15-18H2,1-6H3;1H. The number of ether oxygens (including phenoxy) is 2. The second-order valence-electron chi connectivity index (χ2n) is 9.85. The highest BCUT2D eigenvalue weighted by molar-refractivity contribution is 7.89. The Hall–Kier alpha value is -2.28. The van der Waals surface area contributed by atoms with Crippen molar-refractivity contribution in [3.63, 3.8) is 0 Å². The number of carbonyl (C=O) groups is 1. The Bertz CT molecular complexity index is 1400. The molecular weight excluding hydrogens is 572 g/mol. The number of benzene rings is 2. The summed E-state index contributed by atoms with van der Waals surface area (Å²) >= 11 is 1.46. The minimum Gasteiger partial charge on any atom is -0.494 e. The molecule has 0 N–H and O–H groups in total. The van der Waals surface area contributed by atoms with E-state index in [9.17, 15) is 13.2 Å². The molecule has 2 heterocycles. The number of methoxy groups -OCH3 is 1. The predicted octanol–water partition coefficient (Wildman–Crippen LogP) is 4.82. The Morgan fingerprint density at radius 3 is 2.27 bits per heavy atom. The minimum atomic E-state index is -3.70. The fraction of sp³-hybridized carbons (Fsp3) is 0.500. The zero-order valence-electron chi connectivity index (χ0n) is 23.9. The number of amides is 1. The molecule has 3 aromatic rings. The molecule has 1 amide bonds. The number of likely N-dealkylation sites (N-methyl/N-ethyl adjacent to an activating group) is 1. The van der Waals surface area contributed by atoms with Crippen molar-refractivity contribution in [2.75, 3.05) is 51.3 Å². The third kappa shape index (κ3) is 6.78. The monoisotopic (exact) mass is 610 g/mol. The van der Waals surface area contributed by atoms with Crippen LogP contribution >= 0.6 is 23.7 Å². The number of thiazole rings is 1. The number of morpholine rings is 1. The number of carbonyl (C=O) groups excluding carboxylic acids is 1. The van der Waals surface area contributed by atoms with Crippen LogP contribution in [0.3, 0.4) is 0 Å². The lowest BCUT2D eigenvalue weighted by Gasteiger charge is -2.34. The zero-order valence-corrected chi connectivity index (χ0v) is 26.4. The van der Waals surface area contributed by atoms with E-state index >= 15 is 0 Å². The van der Waals surface area contributed by atoms with E-state index in [2.05, 4.69) is 18.7 Å². The van der Waals surface area contributed by atoms with Crippen molar-refractivity contribution in [2.45, 2.75) is 51.7 Å². The topological polar surface area (TPSA) is 92.3 Å². The van der Waals surface area contributed by atoms with E-state index < -0.39 is 10.0 Å². The molecule has 1 fully saturated rings. The summed E-state index contributed by atoms with van der Waals surface area (Å²) in [5.41, 5.74) is 2.20. The summed E-state index contributed by atoms with van der Waals surface area (Å²) in [7, 11) is -2.09. The molecule has 1 saturated heterocycles. The molecule has 9 nitrogen and oxygen atoms in total. The summed E-state index contributed by atoms with van der Waals surface area (Å²) in [6, 6.07) is 10.1. The van der Waals surface area contributed by atoms with Crippen LogP contribution < -0.4 is 9.64 Å². The van der Waals surface area contributed by atoms with Crippen LogP contribution in [0.2, 0.25) is 0 Å². The van der Waals surface area contributed by atoms with E-state index in [4.69, 9.17) is 14.5 Å². The highest BCUT2D eigenvalue weighted by Gasteiger charge is 2.32. The van der Waals surface area contributed by atoms with Gasteiger partial charge in [0.1, 0.15) is 11.3 Å². The molecular formula is C28H39ClN4O5S2. The molecule has 0 aliphatic carbocycles. The maximum Gasteiger partial charge on any atom is 0.260 e. The predicted molar refractivity (Wildman–Crippen MR) is 163 cm³/mol. The Balaban J connectivity index is 0.00000441. The van der Waals surface area contributed by atoms with Gasteiger partial charge in [0, 0.05) is 31.7 Å². The van der Waals surface area contributed by atoms with E-state index in [1.165, 1.54) is 27.8 Å². The lowest BCUT2D eigenvalue weighted by molar-refractivity contribution is -0.0440. The van der Waals surface area contributed by atoms with Crippen molar-refractivity contribution in [1.29, 1.82) is 0 Å². The van der Waals surface area contributed by atoms with Gasteiger partial charge in [-0.25, -0.2) is 13.4 Å². The summed E-state index contributed by atoms with van der Waals surface area (Å²) < 4.78 is 40.2. The van der Waals surface area contributed by atoms with Crippen molar-refractivity contribution in [2.24, 2.45) is 0 Å². The fourth-order valence-corrected chi connectivity index (χ4v) is 7.51. The van der Waals surface area contributed by atoms with Gasteiger partial charge in [0.2, 0.25) is 10.0 Å². The number of nitrogens with zero attached hydrogens (tertiary/aromatic N) is 4. The van der Waals surface area contributed by atoms with Crippen molar-refractivity contribution in [3.8, 4) is 5.75 Å². The van der Waals surface area contributed by atoms with Gasteiger partial charge in [0.05, 0.1) is 28.9 Å². The van der Waals surface area contributed by atoms with Crippen LogP contribution in [0.15, 0.2) is 41.3 Å². The number of halogens is 1. The van der Waals surface area contributed by atoms with E-state index in [0.29, 0.717) is 42.6 Å². The lowest BCUT2D eigenvalue weighted by Crippen LogP contribution is -2.48. The summed E-state index contributed by atoms with van der Waals surface area (Å²) in [4.78, 5) is 22.8. The number of anilines is 1. The number of aryl methyl sites for hydroxylation is 1. The van der Waals surface area contributed by atoms with Crippen LogP contribution in [0, 0.1) is 6.92 Å². The number of hydrogen-bond acceptors (Lipinski definition) is 8. The van der Waals surface area contributed by atoms with E-state index in [-0.39, 0.29) is 35.4 Å². The molecule has 2 aromatic carbocycles. The van der Waals surface area contributed by atoms with Crippen LogP contribution in [0.5, 0.6) is 5.75 Å². The van der Waals surface area contributed by atoms with Crippen molar-refractivity contribution >= 4 is 55.0 Å². The molecule has 12 heteroatoms. The van der Waals surface area contributed by atoms with E-state index in [1.807, 2.05) is 32.9 Å². The molecule has 1 aliphatic rings. The molecule has 2 unspecified atom stereocenters. The lowest BCUT2D eigenvalue weighted by atomic mass is 10.2. The third-order valence-electron chi connectivity index (χ3n) is 7.05. The van der Waals surface area contributed by atoms with Crippen LogP contribution in [0.4, 0.5) is 5.13 Å². The normalized spacial score (nSPS) is 18.1. The largest absolute Gasteiger partial charge is 0.494 e. The Morgan fingerprint density at radius 1 is 1.07 bits per heavy atom. The zero-order chi connectivity index (χ0) is 28.3. The van der Waals surface area contributed by atoms with Crippen molar-refractivity contribution in [3.05, 3.63) is 47.5 Å². The van der Waals surface area contributed by atoms with Crippen LogP contribution in [-0.2, 0) is 14.8 Å². The first-order valence-electron chi connectivity index (χ1n) is 13.3. The second kappa shape index (κ2) is 13.6. The van der Waals surface area contributed by atoms with Gasteiger partial charge in [-0.3, -0.25) is 9.69 Å². The Morgan fingerprint density at radius 2 is 1.70 bits per heavy atom. The second-order valence-corrected chi connectivity index (χ2v) is 12.8. The highest BCUT2D eigenvalue weighted by Crippen LogP contribution is 2.37. The Labute approximate surface area is 247 Å². The number of rotatable bonds is 10. The van der Waals surface area contributed by atoms with Gasteiger partial charge >= 0.3 is 0 Å². The van der Waals surface area contributed by atoms with Gasteiger partial charge < -0.3 is 14.4 Å². The van der Waals surface area contributed by atoms with Crippen LogP contribution in [-0.4, -0.2) is 87.1 Å². The number of sulfonamides is 1. The SMILES string of the molecule is CCN(CC)CCN(C(=O)c1ccc(S(=O)(=O)N2CC(C)OC(C)C2)cc1)c1nc2c(OC)ccc(C)c2s1.Cl. The molecule has 0 radical (unpaired) electrons. The first-order chi connectivity index (χ1) is 18.6. The molecule has 0 saturated carbocycles. The first kappa shape index (κ1) is 32.2. The maximum absolute atomic E-state index is 13.9. The van der Waals surface area contributed by atoms with Gasteiger partial charge in [-0.05, 0) is 69.8 Å². The van der Waals surface area contributed by atoms with Gasteiger partial charge in [0.15, 0.2) is 5.13 Å². The smallest absolute Gasteiger partial charge is 0.260 e. The van der Waals surface area contributed by atoms with E-state index in [0.717, 1.165) is 28.9 Å². The fourth-order valence-electron chi connectivity index (χ4n) is 4.85. The molecule has 40 heavy (non-hydrogen) atoms. The first-order valence-corrected chi connectivity index (χ1v) is 15.6. The summed E-state index contributed by atoms with van der Waals surface area (Å²) in [5, 5.41) is 0.586. The van der Waals surface area contributed by atoms with E-state index in [1.54, 1.807) is 24.1 Å². The summed E-state index contributed by atoms with van der Waals surface area (Å²) in [6.07, 6.45) is -0.361. The van der Waals surface area contributed by atoms with Gasteiger partial charge in [-0.1, -0.05) is 31.3 Å². The minimum absolute atomic E-state index is 0. The summed E-state index contributed by atoms with van der Waals surface area (Å²) in [6.45, 7) is 13.4. The van der Waals surface area contributed by atoms with Gasteiger partial charge in [-0.2, -0.15) is 4.31 Å². The molecule has 1 aliphatic heterocycles. The number of aromatic nitrogens is 1. The van der Waals surface area contributed by atoms with Gasteiger partial charge in [0.25, 0.3) is 5.91 Å². The number of fused-ring (bicyclic) bond motifs is 1. The molecule has 220 valence electrons. The summed E-state index contributed by atoms with van der Waals surface area (Å²) in [5.74, 6) is 0.436. The maximum atomic E-state index is 13.9. The van der Waals surface area contributed by atoms with Crippen LogP contribution in [0.25, 0.3) is 10.2 Å². The average molecular weight is 611 g/mol. The third-order valence-corrected chi connectivity index (χ3v) is 10.1. The Kier molecular flexibility index (Phi) is 11.0. The quantitative estimate of drug-likeness (QED) is 0.325. The highest BCUT2D eigenvalue weighted by atomic mass is 35.5. The van der Waals surface area contributed by atoms with Crippen molar-refractivity contribution < 1.29 is 22.7 Å². The molecule has 4 rings (SSSR count). The molecule has 2 atom stereocenters. The van der Waals surface area contributed by atoms with Gasteiger partial charge in [-0.15, -0.1) is 12.4 Å². The molecule has 1 aromatic heterocycles.